The Morgan fingerprint density at radius 2 is 2.16 bits per heavy atom. The lowest BCUT2D eigenvalue weighted by atomic mass is 9.84. The molecule has 0 atom stereocenters. The lowest BCUT2D eigenvalue weighted by molar-refractivity contribution is 0.325. The van der Waals surface area contributed by atoms with E-state index in [-0.39, 0.29) is 16.2 Å². The van der Waals surface area contributed by atoms with Gasteiger partial charge in [-0.3, -0.25) is 0 Å². The van der Waals surface area contributed by atoms with Crippen molar-refractivity contribution in [2.24, 2.45) is 0 Å². The van der Waals surface area contributed by atoms with E-state index >= 15 is 0 Å². The monoisotopic (exact) mass is 283 g/mol. The summed E-state index contributed by atoms with van der Waals surface area (Å²) < 4.78 is 29.1. The van der Waals surface area contributed by atoms with E-state index in [1.807, 2.05) is 6.26 Å². The average molecular weight is 283 g/mol. The van der Waals surface area contributed by atoms with E-state index in [9.17, 15) is 8.78 Å². The van der Waals surface area contributed by atoms with Crippen molar-refractivity contribution in [1.82, 2.24) is 9.55 Å². The van der Waals surface area contributed by atoms with Crippen LogP contribution in [0.5, 0.6) is 0 Å². The Balaban J connectivity index is 2.12. The molecule has 1 fully saturated rings. The Hall–Kier alpha value is -1.30. The summed E-state index contributed by atoms with van der Waals surface area (Å²) in [6.07, 6.45) is 5.37. The third-order valence-corrected chi connectivity index (χ3v) is 5.38. The zero-order valence-corrected chi connectivity index (χ0v) is 11.4. The minimum atomic E-state index is -0.864. The summed E-state index contributed by atoms with van der Waals surface area (Å²) in [5.41, 5.74) is 6.45. The van der Waals surface area contributed by atoms with E-state index in [2.05, 4.69) is 4.98 Å². The second-order valence-electron chi connectivity index (χ2n) is 5.03. The minimum absolute atomic E-state index is 0.0838. The number of hydrogen-bond donors (Lipinski definition) is 1. The van der Waals surface area contributed by atoms with Gasteiger partial charge in [-0.15, -0.1) is 0 Å². The van der Waals surface area contributed by atoms with Crippen molar-refractivity contribution in [2.45, 2.75) is 30.6 Å². The fourth-order valence-corrected chi connectivity index (χ4v) is 3.58. The molecule has 1 aliphatic rings. The molecule has 0 unspecified atom stereocenters. The van der Waals surface area contributed by atoms with Crippen LogP contribution < -0.4 is 5.73 Å². The number of aromatic nitrogens is 2. The Morgan fingerprint density at radius 3 is 2.74 bits per heavy atom. The SMILES string of the molecule is CSC1(Cn2c(N)nc3ccc(F)c(F)c32)CCC1. The van der Waals surface area contributed by atoms with Crippen molar-refractivity contribution in [1.29, 1.82) is 0 Å². The number of rotatable bonds is 3. The molecule has 19 heavy (non-hydrogen) atoms. The maximum Gasteiger partial charge on any atom is 0.201 e. The first-order valence-corrected chi connectivity index (χ1v) is 7.44. The molecule has 3 rings (SSSR count). The number of nitrogen functional groups attached to an aromatic ring is 1. The Labute approximate surface area is 114 Å². The molecule has 0 spiro atoms. The summed E-state index contributed by atoms with van der Waals surface area (Å²) in [5.74, 6) is -1.47. The fraction of sp³-hybridized carbons (Fsp3) is 0.462. The van der Waals surface area contributed by atoms with Crippen LogP contribution in [-0.4, -0.2) is 20.6 Å². The smallest absolute Gasteiger partial charge is 0.201 e. The van der Waals surface area contributed by atoms with Gasteiger partial charge in [0.25, 0.3) is 0 Å². The van der Waals surface area contributed by atoms with Crippen LogP contribution in [-0.2, 0) is 6.54 Å². The van der Waals surface area contributed by atoms with Crippen LogP contribution in [0.2, 0.25) is 0 Å². The van der Waals surface area contributed by atoms with E-state index < -0.39 is 11.6 Å². The van der Waals surface area contributed by atoms with E-state index in [0.29, 0.717) is 12.1 Å². The maximum atomic E-state index is 14.0. The van der Waals surface area contributed by atoms with Gasteiger partial charge in [0, 0.05) is 11.3 Å². The summed E-state index contributed by atoms with van der Waals surface area (Å²) in [7, 11) is 0. The first-order chi connectivity index (χ1) is 9.06. The average Bonchev–Trinajstić information content (AvgIpc) is 2.66. The van der Waals surface area contributed by atoms with E-state index in [0.717, 1.165) is 18.9 Å². The van der Waals surface area contributed by atoms with Crippen molar-refractivity contribution in [3.8, 4) is 0 Å². The number of hydrogen-bond acceptors (Lipinski definition) is 3. The number of fused-ring (bicyclic) bond motifs is 1. The molecule has 1 aromatic heterocycles. The van der Waals surface area contributed by atoms with Gasteiger partial charge in [-0.05, 0) is 31.2 Å². The second-order valence-corrected chi connectivity index (χ2v) is 6.30. The molecular weight excluding hydrogens is 268 g/mol. The largest absolute Gasteiger partial charge is 0.369 e. The highest BCUT2D eigenvalue weighted by atomic mass is 32.2. The van der Waals surface area contributed by atoms with Gasteiger partial charge in [-0.2, -0.15) is 11.8 Å². The summed E-state index contributed by atoms with van der Waals surface area (Å²) >= 11 is 1.76. The molecule has 0 saturated heterocycles. The molecule has 1 heterocycles. The maximum absolute atomic E-state index is 14.0. The first-order valence-electron chi connectivity index (χ1n) is 6.21. The fourth-order valence-electron chi connectivity index (χ4n) is 2.62. The third kappa shape index (κ3) is 1.89. The Bertz CT molecular complexity index is 629. The minimum Gasteiger partial charge on any atom is -0.369 e. The number of imidazole rings is 1. The lowest BCUT2D eigenvalue weighted by Gasteiger charge is -2.40. The predicted molar refractivity (Wildman–Crippen MR) is 74.2 cm³/mol. The van der Waals surface area contributed by atoms with Gasteiger partial charge >= 0.3 is 0 Å². The van der Waals surface area contributed by atoms with E-state index in [4.69, 9.17) is 5.73 Å². The number of thioether (sulfide) groups is 1. The number of nitrogens with zero attached hydrogens (tertiary/aromatic N) is 2. The van der Waals surface area contributed by atoms with E-state index in [1.165, 1.54) is 12.5 Å². The topological polar surface area (TPSA) is 43.8 Å². The van der Waals surface area contributed by atoms with Crippen molar-refractivity contribution >= 4 is 28.7 Å². The van der Waals surface area contributed by atoms with Crippen molar-refractivity contribution in [2.75, 3.05) is 12.0 Å². The van der Waals surface area contributed by atoms with Gasteiger partial charge in [0.15, 0.2) is 11.6 Å². The molecule has 102 valence electrons. The normalized spacial score (nSPS) is 17.6. The molecule has 3 nitrogen and oxygen atoms in total. The summed E-state index contributed by atoms with van der Waals surface area (Å²) in [6, 6.07) is 2.55. The number of nitrogens with two attached hydrogens (primary N) is 1. The molecule has 0 amide bonds. The number of anilines is 1. The highest BCUT2D eigenvalue weighted by Crippen LogP contribution is 2.45. The number of halogens is 2. The second kappa shape index (κ2) is 4.37. The van der Waals surface area contributed by atoms with Gasteiger partial charge < -0.3 is 10.3 Å². The van der Waals surface area contributed by atoms with Crippen molar-refractivity contribution in [3.63, 3.8) is 0 Å². The molecule has 0 radical (unpaired) electrons. The van der Waals surface area contributed by atoms with Crippen LogP contribution in [0.1, 0.15) is 19.3 Å². The van der Waals surface area contributed by atoms with Crippen LogP contribution in [0, 0.1) is 11.6 Å². The summed E-state index contributed by atoms with van der Waals surface area (Å²) in [5, 5.41) is 0. The zero-order chi connectivity index (χ0) is 13.6. The van der Waals surface area contributed by atoms with Crippen molar-refractivity contribution < 1.29 is 8.78 Å². The molecular formula is C13H15F2N3S. The molecule has 1 aliphatic carbocycles. The highest BCUT2D eigenvalue weighted by Gasteiger charge is 2.37. The highest BCUT2D eigenvalue weighted by molar-refractivity contribution is 8.00. The van der Waals surface area contributed by atoms with Crippen LogP contribution in [0.3, 0.4) is 0 Å². The third-order valence-electron chi connectivity index (χ3n) is 3.97. The van der Waals surface area contributed by atoms with Crippen LogP contribution in [0.25, 0.3) is 11.0 Å². The molecule has 0 aliphatic heterocycles. The van der Waals surface area contributed by atoms with Gasteiger partial charge in [0.2, 0.25) is 5.95 Å². The molecule has 1 saturated carbocycles. The molecule has 1 aromatic carbocycles. The standard InChI is InChI=1S/C13H15F2N3S/c1-19-13(5-2-6-13)7-18-11-9(17-12(18)16)4-3-8(14)10(11)15/h3-4H,2,5-7H2,1H3,(H2,16,17). The lowest BCUT2D eigenvalue weighted by Crippen LogP contribution is -2.38. The van der Waals surface area contributed by atoms with Crippen LogP contribution >= 0.6 is 11.8 Å². The summed E-state index contributed by atoms with van der Waals surface area (Å²) in [4.78, 5) is 4.12. The first kappa shape index (κ1) is 12.7. The Morgan fingerprint density at radius 1 is 1.42 bits per heavy atom. The molecule has 2 N–H and O–H groups in total. The zero-order valence-electron chi connectivity index (χ0n) is 10.6. The van der Waals surface area contributed by atoms with Gasteiger partial charge in [-0.1, -0.05) is 6.42 Å². The number of benzene rings is 1. The van der Waals surface area contributed by atoms with Crippen LogP contribution in [0.4, 0.5) is 14.7 Å². The van der Waals surface area contributed by atoms with Gasteiger partial charge in [0.05, 0.1) is 5.52 Å². The quantitative estimate of drug-likeness (QED) is 0.941. The van der Waals surface area contributed by atoms with Crippen LogP contribution in [0.15, 0.2) is 12.1 Å². The summed E-state index contributed by atoms with van der Waals surface area (Å²) in [6.45, 7) is 0.580. The van der Waals surface area contributed by atoms with E-state index in [1.54, 1.807) is 16.3 Å². The molecule has 0 bridgehead atoms. The van der Waals surface area contributed by atoms with Crippen molar-refractivity contribution in [3.05, 3.63) is 23.8 Å². The molecule has 6 heteroatoms. The van der Waals surface area contributed by atoms with Gasteiger partial charge in [-0.25, -0.2) is 13.8 Å². The predicted octanol–water partition coefficient (Wildman–Crippen LogP) is 3.18. The van der Waals surface area contributed by atoms with Gasteiger partial charge in [0.1, 0.15) is 5.52 Å². The molecule has 2 aromatic rings. The Kier molecular flexibility index (Phi) is 2.92.